The molecule has 0 fully saturated rings. The molecule has 2 amide bonds. The van der Waals surface area contributed by atoms with E-state index < -0.39 is 0 Å². The number of fused-ring (bicyclic) bond motifs is 1. The summed E-state index contributed by atoms with van der Waals surface area (Å²) in [7, 11) is 0. The average molecular weight is 326 g/mol. The zero-order valence-electron chi connectivity index (χ0n) is 14.1. The van der Waals surface area contributed by atoms with Gasteiger partial charge in [0.1, 0.15) is 0 Å². The standard InChI is InChI=1S/C18H22N4O2/c1-12-16(13(2)21-20-12)11-17(23)19-8-10-22-9-7-14-5-3-4-6-15(14)18(22)24/h3-6H,7-11H2,1-2H3,(H,19,23)(H,20,21). The maximum absolute atomic E-state index is 12.4. The van der Waals surface area contributed by atoms with Crippen LogP contribution in [0.4, 0.5) is 0 Å². The van der Waals surface area contributed by atoms with Gasteiger partial charge in [-0.25, -0.2) is 0 Å². The fourth-order valence-electron chi connectivity index (χ4n) is 3.08. The molecule has 6 nitrogen and oxygen atoms in total. The summed E-state index contributed by atoms with van der Waals surface area (Å²) in [5.74, 6) is 0.0000750. The van der Waals surface area contributed by atoms with Crippen LogP contribution >= 0.6 is 0 Å². The third-order valence-corrected chi connectivity index (χ3v) is 4.51. The van der Waals surface area contributed by atoms with Crippen molar-refractivity contribution in [1.82, 2.24) is 20.4 Å². The van der Waals surface area contributed by atoms with Crippen molar-refractivity contribution >= 4 is 11.8 Å². The van der Waals surface area contributed by atoms with Gasteiger partial charge in [0.25, 0.3) is 5.91 Å². The third kappa shape index (κ3) is 3.32. The predicted octanol–water partition coefficient (Wildman–Crippen LogP) is 1.38. The van der Waals surface area contributed by atoms with E-state index in [-0.39, 0.29) is 11.8 Å². The highest BCUT2D eigenvalue weighted by atomic mass is 16.2. The molecule has 0 bridgehead atoms. The zero-order chi connectivity index (χ0) is 17.1. The van der Waals surface area contributed by atoms with Crippen LogP contribution in [0.1, 0.15) is 32.9 Å². The minimum atomic E-state index is -0.0486. The highest BCUT2D eigenvalue weighted by Gasteiger charge is 2.23. The number of amides is 2. The highest BCUT2D eigenvalue weighted by Crippen LogP contribution is 2.18. The third-order valence-electron chi connectivity index (χ3n) is 4.51. The Bertz CT molecular complexity index is 747. The summed E-state index contributed by atoms with van der Waals surface area (Å²) >= 11 is 0. The number of carbonyl (C=O) groups excluding carboxylic acids is 2. The summed E-state index contributed by atoms with van der Waals surface area (Å²) in [5.41, 5.74) is 4.60. The van der Waals surface area contributed by atoms with E-state index in [0.717, 1.165) is 34.5 Å². The molecule has 3 rings (SSSR count). The van der Waals surface area contributed by atoms with Crippen molar-refractivity contribution in [3.63, 3.8) is 0 Å². The number of aryl methyl sites for hydroxylation is 2. The number of aromatic amines is 1. The molecule has 1 aliphatic rings. The molecule has 0 radical (unpaired) electrons. The van der Waals surface area contributed by atoms with Gasteiger partial charge in [0.15, 0.2) is 0 Å². The molecule has 0 saturated carbocycles. The molecule has 6 heteroatoms. The lowest BCUT2D eigenvalue weighted by atomic mass is 9.99. The maximum atomic E-state index is 12.4. The van der Waals surface area contributed by atoms with Crippen LogP contribution < -0.4 is 5.32 Å². The molecule has 2 aromatic rings. The Balaban J connectivity index is 1.50. The van der Waals surface area contributed by atoms with Gasteiger partial charge in [-0.1, -0.05) is 18.2 Å². The number of benzene rings is 1. The minimum Gasteiger partial charge on any atom is -0.354 e. The first-order valence-electron chi connectivity index (χ1n) is 8.20. The van der Waals surface area contributed by atoms with Gasteiger partial charge in [-0.3, -0.25) is 14.7 Å². The number of nitrogens with zero attached hydrogens (tertiary/aromatic N) is 2. The second kappa shape index (κ2) is 6.86. The Labute approximate surface area is 141 Å². The summed E-state index contributed by atoms with van der Waals surface area (Å²) < 4.78 is 0. The molecule has 0 atom stereocenters. The Morgan fingerprint density at radius 3 is 2.88 bits per heavy atom. The van der Waals surface area contributed by atoms with Crippen LogP contribution in [0.2, 0.25) is 0 Å². The fourth-order valence-corrected chi connectivity index (χ4v) is 3.08. The molecule has 0 aliphatic carbocycles. The van der Waals surface area contributed by atoms with Gasteiger partial charge >= 0.3 is 0 Å². The van der Waals surface area contributed by atoms with Crippen molar-refractivity contribution in [2.75, 3.05) is 19.6 Å². The van der Waals surface area contributed by atoms with Gasteiger partial charge in [-0.05, 0) is 31.9 Å². The molecule has 2 N–H and O–H groups in total. The molecule has 1 aromatic heterocycles. The first-order chi connectivity index (χ1) is 11.6. The van der Waals surface area contributed by atoms with Crippen molar-refractivity contribution < 1.29 is 9.59 Å². The van der Waals surface area contributed by atoms with E-state index in [0.29, 0.717) is 26.1 Å². The number of H-pyrrole nitrogens is 1. The summed E-state index contributed by atoms with van der Waals surface area (Å²) in [6, 6.07) is 7.72. The summed E-state index contributed by atoms with van der Waals surface area (Å²) in [6.45, 7) is 5.49. The lowest BCUT2D eigenvalue weighted by Gasteiger charge is -2.28. The van der Waals surface area contributed by atoms with E-state index in [2.05, 4.69) is 15.5 Å². The van der Waals surface area contributed by atoms with Gasteiger partial charge in [0.2, 0.25) is 5.91 Å². The minimum absolute atomic E-state index is 0.0486. The average Bonchev–Trinajstić information content (AvgIpc) is 2.89. The highest BCUT2D eigenvalue weighted by molar-refractivity contribution is 5.96. The van der Waals surface area contributed by atoms with Crippen LogP contribution in [0.5, 0.6) is 0 Å². The Morgan fingerprint density at radius 2 is 2.12 bits per heavy atom. The molecule has 2 heterocycles. The van der Waals surface area contributed by atoms with E-state index in [1.807, 2.05) is 38.1 Å². The molecule has 24 heavy (non-hydrogen) atoms. The van der Waals surface area contributed by atoms with Crippen molar-refractivity contribution in [2.45, 2.75) is 26.7 Å². The molecule has 1 aliphatic heterocycles. The predicted molar refractivity (Wildman–Crippen MR) is 90.8 cm³/mol. The fraction of sp³-hybridized carbons (Fsp3) is 0.389. The normalized spacial score (nSPS) is 13.8. The first-order valence-corrected chi connectivity index (χ1v) is 8.20. The Morgan fingerprint density at radius 1 is 1.33 bits per heavy atom. The second-order valence-electron chi connectivity index (χ2n) is 6.14. The van der Waals surface area contributed by atoms with E-state index in [9.17, 15) is 9.59 Å². The van der Waals surface area contributed by atoms with E-state index in [1.54, 1.807) is 4.90 Å². The van der Waals surface area contributed by atoms with Gasteiger partial charge in [0, 0.05) is 36.5 Å². The van der Waals surface area contributed by atoms with Crippen molar-refractivity contribution in [1.29, 1.82) is 0 Å². The molecular weight excluding hydrogens is 304 g/mol. The van der Waals surface area contributed by atoms with Gasteiger partial charge < -0.3 is 10.2 Å². The molecular formula is C18H22N4O2. The number of rotatable bonds is 5. The second-order valence-corrected chi connectivity index (χ2v) is 6.14. The van der Waals surface area contributed by atoms with Crippen molar-refractivity contribution in [2.24, 2.45) is 0 Å². The summed E-state index contributed by atoms with van der Waals surface area (Å²) in [5, 5.41) is 9.87. The lowest BCUT2D eigenvalue weighted by Crippen LogP contribution is -2.42. The monoisotopic (exact) mass is 326 g/mol. The quantitative estimate of drug-likeness (QED) is 0.871. The van der Waals surface area contributed by atoms with Crippen LogP contribution in [0.15, 0.2) is 24.3 Å². The number of aromatic nitrogens is 2. The molecule has 126 valence electrons. The Hall–Kier alpha value is -2.63. The topological polar surface area (TPSA) is 78.1 Å². The smallest absolute Gasteiger partial charge is 0.254 e. The van der Waals surface area contributed by atoms with Crippen LogP contribution in [-0.2, 0) is 17.6 Å². The number of carbonyl (C=O) groups is 2. The van der Waals surface area contributed by atoms with Crippen LogP contribution in [-0.4, -0.2) is 46.5 Å². The summed E-state index contributed by atoms with van der Waals surface area (Å²) in [6.07, 6.45) is 1.17. The van der Waals surface area contributed by atoms with E-state index in [4.69, 9.17) is 0 Å². The SMILES string of the molecule is Cc1n[nH]c(C)c1CC(=O)NCCN1CCc2ccccc2C1=O. The largest absolute Gasteiger partial charge is 0.354 e. The number of hydrogen-bond acceptors (Lipinski definition) is 3. The van der Waals surface area contributed by atoms with Gasteiger partial charge in [-0.2, -0.15) is 5.10 Å². The lowest BCUT2D eigenvalue weighted by molar-refractivity contribution is -0.120. The Kier molecular flexibility index (Phi) is 4.64. The first kappa shape index (κ1) is 16.2. The van der Waals surface area contributed by atoms with Crippen molar-refractivity contribution in [3.8, 4) is 0 Å². The number of hydrogen-bond donors (Lipinski definition) is 2. The van der Waals surface area contributed by atoms with Gasteiger partial charge in [0.05, 0.1) is 12.1 Å². The van der Waals surface area contributed by atoms with Crippen LogP contribution in [0, 0.1) is 13.8 Å². The van der Waals surface area contributed by atoms with Crippen LogP contribution in [0.3, 0.4) is 0 Å². The van der Waals surface area contributed by atoms with Crippen LogP contribution in [0.25, 0.3) is 0 Å². The van der Waals surface area contributed by atoms with Gasteiger partial charge in [-0.15, -0.1) is 0 Å². The molecule has 0 spiro atoms. The van der Waals surface area contributed by atoms with Crippen molar-refractivity contribution in [3.05, 3.63) is 52.3 Å². The molecule has 0 saturated heterocycles. The molecule has 0 unspecified atom stereocenters. The maximum Gasteiger partial charge on any atom is 0.254 e. The summed E-state index contributed by atoms with van der Waals surface area (Å²) in [4.78, 5) is 26.3. The number of nitrogens with one attached hydrogen (secondary N) is 2. The van der Waals surface area contributed by atoms with E-state index in [1.165, 1.54) is 0 Å². The molecule has 1 aromatic carbocycles. The van der Waals surface area contributed by atoms with E-state index >= 15 is 0 Å². The zero-order valence-corrected chi connectivity index (χ0v) is 14.1.